The Balaban J connectivity index is 1.60. The molecule has 0 unspecified atom stereocenters. The monoisotopic (exact) mass is 262 g/mol. The van der Waals surface area contributed by atoms with Gasteiger partial charge in [0.05, 0.1) is 11.1 Å². The van der Waals surface area contributed by atoms with Crippen LogP contribution in [0, 0.1) is 0 Å². The lowest BCUT2D eigenvalue weighted by Crippen LogP contribution is -2.19. The summed E-state index contributed by atoms with van der Waals surface area (Å²) in [6.07, 6.45) is 6.45. The van der Waals surface area contributed by atoms with E-state index in [1.54, 1.807) is 11.3 Å². The molecular weight excluding hydrogens is 244 g/mol. The molecule has 0 radical (unpaired) electrons. The van der Waals surface area contributed by atoms with Crippen molar-refractivity contribution in [3.8, 4) is 10.6 Å². The predicted molar refractivity (Wildman–Crippen MR) is 73.9 cm³/mol. The molecule has 0 amide bonds. The first-order valence-electron chi connectivity index (χ1n) is 6.62. The molecule has 0 aromatic carbocycles. The highest BCUT2D eigenvalue weighted by Gasteiger charge is 2.20. The highest BCUT2D eigenvalue weighted by molar-refractivity contribution is 7.15. The summed E-state index contributed by atoms with van der Waals surface area (Å²) in [5.41, 5.74) is 0. The van der Waals surface area contributed by atoms with Crippen molar-refractivity contribution in [3.05, 3.63) is 29.1 Å². The Hall–Kier alpha value is -1.13. The number of nitrogens with zero attached hydrogens (tertiary/aromatic N) is 1. The number of hydrogen-bond donors (Lipinski definition) is 1. The van der Waals surface area contributed by atoms with Crippen LogP contribution in [0.5, 0.6) is 0 Å². The molecule has 0 saturated heterocycles. The molecule has 0 spiro atoms. The van der Waals surface area contributed by atoms with Crippen LogP contribution >= 0.6 is 11.3 Å². The van der Waals surface area contributed by atoms with Crippen molar-refractivity contribution in [2.24, 2.45) is 0 Å². The highest BCUT2D eigenvalue weighted by atomic mass is 32.1. The van der Waals surface area contributed by atoms with Gasteiger partial charge in [-0.05, 0) is 31.4 Å². The molecule has 2 heterocycles. The summed E-state index contributed by atoms with van der Waals surface area (Å²) in [5.74, 6) is 1.74. The number of thiophene rings is 1. The van der Waals surface area contributed by atoms with E-state index in [0.29, 0.717) is 0 Å². The van der Waals surface area contributed by atoms with E-state index >= 15 is 0 Å². The summed E-state index contributed by atoms with van der Waals surface area (Å²) >= 11 is 1.79. The average molecular weight is 262 g/mol. The molecule has 1 N–H and O–H groups in total. The molecule has 3 rings (SSSR count). The van der Waals surface area contributed by atoms with Crippen molar-refractivity contribution in [1.82, 2.24) is 10.3 Å². The largest absolute Gasteiger partial charge is 0.440 e. The van der Waals surface area contributed by atoms with Gasteiger partial charge in [-0.1, -0.05) is 6.92 Å². The molecular formula is C14H18N2OS. The smallest absolute Gasteiger partial charge is 0.196 e. The second-order valence-corrected chi connectivity index (χ2v) is 5.88. The van der Waals surface area contributed by atoms with Crippen molar-refractivity contribution >= 4 is 11.3 Å². The van der Waals surface area contributed by atoms with Crippen LogP contribution in [0.4, 0.5) is 0 Å². The minimum absolute atomic E-state index is 0.754. The molecule has 18 heavy (non-hydrogen) atoms. The molecule has 96 valence electrons. The molecule has 1 aliphatic rings. The summed E-state index contributed by atoms with van der Waals surface area (Å²) in [4.78, 5) is 6.91. The zero-order valence-electron chi connectivity index (χ0n) is 10.6. The SMILES string of the molecule is CCc1ccc(-c2cnc(CCNC3CC3)o2)s1. The van der Waals surface area contributed by atoms with Crippen molar-refractivity contribution in [2.45, 2.75) is 38.6 Å². The number of aromatic nitrogens is 1. The van der Waals surface area contributed by atoms with Crippen LogP contribution in [0.2, 0.25) is 0 Å². The maximum absolute atomic E-state index is 5.79. The van der Waals surface area contributed by atoms with Crippen LogP contribution in [0.25, 0.3) is 10.6 Å². The van der Waals surface area contributed by atoms with Gasteiger partial charge >= 0.3 is 0 Å². The number of aryl methyl sites for hydroxylation is 1. The van der Waals surface area contributed by atoms with Gasteiger partial charge in [0.15, 0.2) is 11.7 Å². The van der Waals surface area contributed by atoms with Crippen LogP contribution in [0.15, 0.2) is 22.7 Å². The van der Waals surface area contributed by atoms with Crippen LogP contribution < -0.4 is 5.32 Å². The standard InChI is InChI=1S/C14H18N2OS/c1-2-11-5-6-13(18-11)12-9-16-14(17-12)7-8-15-10-3-4-10/h5-6,9-10,15H,2-4,7-8H2,1H3. The van der Waals surface area contributed by atoms with Crippen LogP contribution in [0.1, 0.15) is 30.5 Å². The molecule has 0 aliphatic heterocycles. The van der Waals surface area contributed by atoms with Crippen LogP contribution in [-0.2, 0) is 12.8 Å². The quantitative estimate of drug-likeness (QED) is 0.868. The summed E-state index contributed by atoms with van der Waals surface area (Å²) in [6, 6.07) is 5.04. The van der Waals surface area contributed by atoms with E-state index in [1.807, 2.05) is 6.20 Å². The third kappa shape index (κ3) is 2.82. The fourth-order valence-corrected chi connectivity index (χ4v) is 2.80. The number of hydrogen-bond acceptors (Lipinski definition) is 4. The maximum Gasteiger partial charge on any atom is 0.196 e. The predicted octanol–water partition coefficient (Wildman–Crippen LogP) is 3.26. The second-order valence-electron chi connectivity index (χ2n) is 4.72. The van der Waals surface area contributed by atoms with Crippen molar-refractivity contribution in [2.75, 3.05) is 6.54 Å². The second kappa shape index (κ2) is 5.24. The van der Waals surface area contributed by atoms with Gasteiger partial charge in [-0.3, -0.25) is 0 Å². The first kappa shape index (κ1) is 11.9. The first-order chi connectivity index (χ1) is 8.85. The van der Waals surface area contributed by atoms with Crippen LogP contribution in [0.3, 0.4) is 0 Å². The third-order valence-corrected chi connectivity index (χ3v) is 4.40. The highest BCUT2D eigenvalue weighted by Crippen LogP contribution is 2.29. The third-order valence-electron chi connectivity index (χ3n) is 3.16. The zero-order valence-corrected chi connectivity index (χ0v) is 11.4. The van der Waals surface area contributed by atoms with Gasteiger partial charge in [-0.15, -0.1) is 11.3 Å². The molecule has 4 heteroatoms. The van der Waals surface area contributed by atoms with Gasteiger partial charge in [0.2, 0.25) is 0 Å². The normalized spacial score (nSPS) is 15.2. The van der Waals surface area contributed by atoms with E-state index in [2.05, 4.69) is 29.4 Å². The molecule has 0 bridgehead atoms. The Labute approximate surface area is 111 Å². The lowest BCUT2D eigenvalue weighted by Gasteiger charge is -1.98. The number of nitrogens with one attached hydrogen (secondary N) is 1. The Morgan fingerprint density at radius 2 is 2.33 bits per heavy atom. The van der Waals surface area contributed by atoms with E-state index in [1.165, 1.54) is 22.6 Å². The Morgan fingerprint density at radius 3 is 3.06 bits per heavy atom. The van der Waals surface area contributed by atoms with Gasteiger partial charge in [0.1, 0.15) is 0 Å². The van der Waals surface area contributed by atoms with Gasteiger partial charge in [-0.2, -0.15) is 0 Å². The number of oxazole rings is 1. The van der Waals surface area contributed by atoms with Crippen LogP contribution in [-0.4, -0.2) is 17.6 Å². The Morgan fingerprint density at radius 1 is 1.44 bits per heavy atom. The molecule has 1 saturated carbocycles. The topological polar surface area (TPSA) is 38.1 Å². The fraction of sp³-hybridized carbons (Fsp3) is 0.500. The molecule has 0 atom stereocenters. The van der Waals surface area contributed by atoms with Gasteiger partial charge < -0.3 is 9.73 Å². The Bertz CT molecular complexity index is 513. The molecule has 3 nitrogen and oxygen atoms in total. The first-order valence-corrected chi connectivity index (χ1v) is 7.44. The lowest BCUT2D eigenvalue weighted by atomic mass is 10.3. The summed E-state index contributed by atoms with van der Waals surface area (Å²) < 4.78 is 5.79. The minimum atomic E-state index is 0.754. The van der Waals surface area contributed by atoms with E-state index < -0.39 is 0 Å². The summed E-state index contributed by atoms with van der Waals surface area (Å²) in [5, 5.41) is 3.47. The van der Waals surface area contributed by atoms with Crippen molar-refractivity contribution in [1.29, 1.82) is 0 Å². The Kier molecular flexibility index (Phi) is 3.48. The van der Waals surface area contributed by atoms with E-state index in [9.17, 15) is 0 Å². The molecule has 1 fully saturated rings. The van der Waals surface area contributed by atoms with Gasteiger partial charge in [-0.25, -0.2) is 4.98 Å². The molecule has 2 aromatic rings. The van der Waals surface area contributed by atoms with Crippen molar-refractivity contribution < 1.29 is 4.42 Å². The fourth-order valence-electron chi connectivity index (χ4n) is 1.91. The minimum Gasteiger partial charge on any atom is -0.440 e. The molecule has 2 aromatic heterocycles. The molecule has 1 aliphatic carbocycles. The zero-order chi connectivity index (χ0) is 12.4. The maximum atomic E-state index is 5.79. The van der Waals surface area contributed by atoms with Gasteiger partial charge in [0, 0.05) is 23.9 Å². The average Bonchev–Trinajstić information content (AvgIpc) is 2.92. The van der Waals surface area contributed by atoms with E-state index in [-0.39, 0.29) is 0 Å². The lowest BCUT2D eigenvalue weighted by molar-refractivity contribution is 0.495. The summed E-state index contributed by atoms with van der Waals surface area (Å²) in [6.45, 7) is 3.14. The van der Waals surface area contributed by atoms with E-state index in [0.717, 1.165) is 37.1 Å². The summed E-state index contributed by atoms with van der Waals surface area (Å²) in [7, 11) is 0. The number of rotatable bonds is 6. The van der Waals surface area contributed by atoms with E-state index in [4.69, 9.17) is 4.42 Å². The van der Waals surface area contributed by atoms with Gasteiger partial charge in [0.25, 0.3) is 0 Å². The van der Waals surface area contributed by atoms with Crippen molar-refractivity contribution in [3.63, 3.8) is 0 Å².